The summed E-state index contributed by atoms with van der Waals surface area (Å²) in [5.74, 6) is 0.244. The summed E-state index contributed by atoms with van der Waals surface area (Å²) in [6, 6.07) is 3.89. The Labute approximate surface area is 175 Å². The highest BCUT2D eigenvalue weighted by Crippen LogP contribution is 2.51. The van der Waals surface area contributed by atoms with Crippen molar-refractivity contribution in [2.45, 2.75) is 24.7 Å². The highest BCUT2D eigenvalue weighted by atomic mass is 32.1. The number of rotatable bonds is 5. The number of fused-ring (bicyclic) bond motifs is 2. The van der Waals surface area contributed by atoms with Gasteiger partial charge in [-0.3, -0.25) is 9.59 Å². The van der Waals surface area contributed by atoms with E-state index in [0.29, 0.717) is 28.5 Å². The zero-order valence-corrected chi connectivity index (χ0v) is 17.7. The molecular weight excluding hydrogens is 410 g/mol. The number of carbonyl (C=O) groups is 2. The maximum atomic E-state index is 12.3. The van der Waals surface area contributed by atoms with Crippen LogP contribution in [0.2, 0.25) is 0 Å². The lowest BCUT2D eigenvalue weighted by Gasteiger charge is -2.29. The zero-order chi connectivity index (χ0) is 20.6. The van der Waals surface area contributed by atoms with Gasteiger partial charge in [-0.25, -0.2) is 0 Å². The molecule has 29 heavy (non-hydrogen) atoms. The molecule has 1 aliphatic rings. The number of nitrogens with two attached hydrogens (primary N) is 1. The van der Waals surface area contributed by atoms with E-state index in [1.165, 1.54) is 22.7 Å². The Balaban J connectivity index is 2.02. The first-order valence-corrected chi connectivity index (χ1v) is 10.8. The summed E-state index contributed by atoms with van der Waals surface area (Å²) in [5.41, 5.74) is 7.47. The van der Waals surface area contributed by atoms with Gasteiger partial charge in [-0.2, -0.15) is 5.21 Å². The van der Waals surface area contributed by atoms with E-state index >= 15 is 0 Å². The smallest absolute Gasteiger partial charge is 0.261 e. The van der Waals surface area contributed by atoms with Gasteiger partial charge in [-0.15, -0.1) is 32.9 Å². The number of nitrogens with zero attached hydrogens (tertiary/aromatic N) is 3. The first-order chi connectivity index (χ1) is 14.0. The van der Waals surface area contributed by atoms with Crippen LogP contribution in [0.1, 0.15) is 52.5 Å². The largest absolute Gasteiger partial charge is 0.354 e. The second-order valence-electron chi connectivity index (χ2n) is 6.77. The molecule has 3 heterocycles. The third-order valence-electron chi connectivity index (χ3n) is 5.21. The lowest BCUT2D eigenvalue weighted by Crippen LogP contribution is -2.33. The quantitative estimate of drug-likeness (QED) is 0.472. The first kappa shape index (κ1) is 19.7. The maximum Gasteiger partial charge on any atom is 0.261 e. The first-order valence-electron chi connectivity index (χ1n) is 9.19. The number of H-pyrrole nitrogens is 1. The average Bonchev–Trinajstić information content (AvgIpc) is 3.48. The molecule has 1 aliphatic carbocycles. The van der Waals surface area contributed by atoms with E-state index in [2.05, 4.69) is 31.3 Å². The zero-order valence-electron chi connectivity index (χ0n) is 16.0. The molecule has 11 heteroatoms. The fourth-order valence-electron chi connectivity index (χ4n) is 3.90. The summed E-state index contributed by atoms with van der Waals surface area (Å²) < 4.78 is 0. The number of hydrogen-bond acceptors (Lipinski definition) is 8. The van der Waals surface area contributed by atoms with Gasteiger partial charge in [0.2, 0.25) is 0 Å². The van der Waals surface area contributed by atoms with Crippen molar-refractivity contribution < 1.29 is 9.59 Å². The highest BCUT2D eigenvalue weighted by molar-refractivity contribution is 7.16. The van der Waals surface area contributed by atoms with E-state index in [1.54, 1.807) is 14.1 Å². The molecule has 0 unspecified atom stereocenters. The van der Waals surface area contributed by atoms with E-state index in [0.717, 1.165) is 33.7 Å². The number of tetrazole rings is 1. The molecule has 9 nitrogen and oxygen atoms in total. The van der Waals surface area contributed by atoms with Crippen molar-refractivity contribution in [3.05, 3.63) is 48.6 Å². The fraction of sp³-hybridized carbons (Fsp3) is 0.389. The average molecular weight is 432 g/mol. The lowest BCUT2D eigenvalue weighted by molar-refractivity contribution is 0.0959. The van der Waals surface area contributed by atoms with Gasteiger partial charge >= 0.3 is 0 Å². The second-order valence-corrected chi connectivity index (χ2v) is 8.87. The number of amides is 2. The molecule has 3 aromatic heterocycles. The molecule has 152 valence electrons. The SMILES string of the molecule is CNC(=O)c1cc2c(s1)C(CCN)(c1nn[nH]n1)c1sc(C(=O)NC)cc1CC2. The Bertz CT molecular complexity index is 992. The van der Waals surface area contributed by atoms with Crippen LogP contribution in [-0.2, 0) is 18.3 Å². The summed E-state index contributed by atoms with van der Waals surface area (Å²) in [7, 11) is 3.24. The number of nitrogens with one attached hydrogen (secondary N) is 3. The maximum absolute atomic E-state index is 12.3. The molecule has 0 aromatic carbocycles. The Morgan fingerprint density at radius 2 is 1.66 bits per heavy atom. The van der Waals surface area contributed by atoms with Crippen LogP contribution in [0.4, 0.5) is 0 Å². The van der Waals surface area contributed by atoms with Crippen molar-refractivity contribution in [3.8, 4) is 0 Å². The Hall–Kier alpha value is -2.63. The molecule has 0 spiro atoms. The van der Waals surface area contributed by atoms with Crippen molar-refractivity contribution in [1.29, 1.82) is 0 Å². The van der Waals surface area contributed by atoms with E-state index in [1.807, 2.05) is 12.1 Å². The molecule has 0 aliphatic heterocycles. The van der Waals surface area contributed by atoms with Crippen LogP contribution in [0.5, 0.6) is 0 Å². The predicted octanol–water partition coefficient (Wildman–Crippen LogP) is 0.824. The minimum absolute atomic E-state index is 0.129. The second kappa shape index (κ2) is 7.65. The highest BCUT2D eigenvalue weighted by Gasteiger charge is 2.47. The topological polar surface area (TPSA) is 139 Å². The molecule has 0 radical (unpaired) electrons. The van der Waals surface area contributed by atoms with Gasteiger partial charge in [0.1, 0.15) is 5.41 Å². The molecule has 4 rings (SSSR count). The van der Waals surface area contributed by atoms with Crippen LogP contribution in [-0.4, -0.2) is 53.1 Å². The predicted molar refractivity (Wildman–Crippen MR) is 111 cm³/mol. The standard InChI is InChI=1S/C18H21N7O2S2/c1-20-15(26)11-7-9-3-4-10-8-12(16(27)21-2)29-14(10)18(5-6-19,13(9)28-11)17-22-24-25-23-17/h7-8H,3-6,19H2,1-2H3,(H,20,26)(H,21,27)(H,22,23,24,25). The van der Waals surface area contributed by atoms with Crippen molar-refractivity contribution >= 4 is 34.5 Å². The van der Waals surface area contributed by atoms with Gasteiger partial charge in [0.15, 0.2) is 5.82 Å². The number of aryl methyl sites for hydroxylation is 2. The number of thiophene rings is 2. The summed E-state index contributed by atoms with van der Waals surface area (Å²) in [6.07, 6.45) is 2.04. The van der Waals surface area contributed by atoms with Crippen molar-refractivity contribution in [2.24, 2.45) is 5.73 Å². The number of aromatic nitrogens is 4. The van der Waals surface area contributed by atoms with E-state index in [4.69, 9.17) is 5.73 Å². The molecule has 0 bridgehead atoms. The number of hydrogen-bond donors (Lipinski definition) is 4. The van der Waals surface area contributed by atoms with Crippen LogP contribution in [0.3, 0.4) is 0 Å². The monoisotopic (exact) mass is 431 g/mol. The summed E-state index contributed by atoms with van der Waals surface area (Å²) >= 11 is 2.86. The molecule has 3 aromatic rings. The molecular formula is C18H21N7O2S2. The molecule has 0 fully saturated rings. The molecule has 0 saturated carbocycles. The van der Waals surface area contributed by atoms with Crippen LogP contribution < -0.4 is 16.4 Å². The Morgan fingerprint density at radius 1 is 1.10 bits per heavy atom. The van der Waals surface area contributed by atoms with Gasteiger partial charge in [-0.1, -0.05) is 5.21 Å². The van der Waals surface area contributed by atoms with Gasteiger partial charge in [-0.05, 0) is 49.1 Å². The Kier molecular flexibility index (Phi) is 5.19. The molecule has 2 amide bonds. The van der Waals surface area contributed by atoms with Gasteiger partial charge in [0.05, 0.1) is 9.75 Å². The van der Waals surface area contributed by atoms with Crippen molar-refractivity contribution in [2.75, 3.05) is 20.6 Å². The molecule has 0 saturated heterocycles. The third kappa shape index (κ3) is 3.05. The minimum Gasteiger partial charge on any atom is -0.354 e. The van der Waals surface area contributed by atoms with E-state index in [-0.39, 0.29) is 11.8 Å². The normalized spacial score (nSPS) is 14.6. The fourth-order valence-corrected chi connectivity index (χ4v) is 6.71. The van der Waals surface area contributed by atoms with Crippen molar-refractivity contribution in [1.82, 2.24) is 31.3 Å². The lowest BCUT2D eigenvalue weighted by atomic mass is 9.78. The molecule has 0 atom stereocenters. The Morgan fingerprint density at radius 3 is 2.07 bits per heavy atom. The van der Waals surface area contributed by atoms with Crippen LogP contribution in [0, 0.1) is 0 Å². The number of aromatic amines is 1. The molecule has 5 N–H and O–H groups in total. The van der Waals surface area contributed by atoms with Crippen molar-refractivity contribution in [3.63, 3.8) is 0 Å². The van der Waals surface area contributed by atoms with Crippen LogP contribution in [0.15, 0.2) is 12.1 Å². The van der Waals surface area contributed by atoms with Gasteiger partial charge in [0, 0.05) is 23.8 Å². The third-order valence-corrected chi connectivity index (χ3v) is 7.88. The summed E-state index contributed by atoms with van der Waals surface area (Å²) in [5, 5.41) is 20.4. The van der Waals surface area contributed by atoms with E-state index in [9.17, 15) is 9.59 Å². The van der Waals surface area contributed by atoms with Crippen LogP contribution in [0.25, 0.3) is 0 Å². The van der Waals surface area contributed by atoms with Gasteiger partial charge < -0.3 is 16.4 Å². The summed E-state index contributed by atoms with van der Waals surface area (Å²) in [4.78, 5) is 27.9. The van der Waals surface area contributed by atoms with Crippen LogP contribution >= 0.6 is 22.7 Å². The van der Waals surface area contributed by atoms with Gasteiger partial charge in [0.25, 0.3) is 11.8 Å². The minimum atomic E-state index is -0.753. The van der Waals surface area contributed by atoms with E-state index < -0.39 is 5.41 Å². The summed E-state index contributed by atoms with van der Waals surface area (Å²) in [6.45, 7) is 0.383. The number of carbonyl (C=O) groups excluding carboxylic acids is 2.